The third-order valence-electron chi connectivity index (χ3n) is 5.48. The second-order valence-corrected chi connectivity index (χ2v) is 7.68. The Balaban J connectivity index is 1.59. The lowest BCUT2D eigenvalue weighted by molar-refractivity contribution is -0.108. The number of carbonyl (C=O) groups is 1. The Morgan fingerprint density at radius 1 is 1.27 bits per heavy atom. The molecule has 1 fully saturated rings. The van der Waals surface area contributed by atoms with Gasteiger partial charge in [-0.2, -0.15) is 0 Å². The van der Waals surface area contributed by atoms with Crippen LogP contribution in [0.15, 0.2) is 47.2 Å². The first-order valence-corrected chi connectivity index (χ1v) is 10.3. The number of oxazole rings is 1. The van der Waals surface area contributed by atoms with Crippen LogP contribution in [0.4, 0.5) is 0 Å². The molecule has 3 aromatic rings. The lowest BCUT2D eigenvalue weighted by atomic mass is 9.95. The standard InChI is InChI=1S/C24H26N2O4/c1-16-4-3-11-25-23(16)19(9-12-27)20-15-30-24(26-20)18-7-8-21(28-2)22(14-18)29-13-10-17-5-6-17/h3-4,7-8,11-12,14-15,17,19H,5-6,9-10,13H2,1-2H3. The molecule has 1 saturated carbocycles. The first-order valence-electron chi connectivity index (χ1n) is 10.3. The molecule has 6 heteroatoms. The van der Waals surface area contributed by atoms with Crippen molar-refractivity contribution in [2.75, 3.05) is 13.7 Å². The number of rotatable bonds is 10. The number of carbonyl (C=O) groups excluding carboxylic acids is 1. The molecule has 0 spiro atoms. The van der Waals surface area contributed by atoms with Crippen LogP contribution in [0.5, 0.6) is 11.5 Å². The number of methoxy groups -OCH3 is 1. The molecule has 1 aliphatic rings. The van der Waals surface area contributed by atoms with Crippen LogP contribution in [0, 0.1) is 12.8 Å². The van der Waals surface area contributed by atoms with Crippen LogP contribution in [0.3, 0.4) is 0 Å². The van der Waals surface area contributed by atoms with Crippen LogP contribution in [0.2, 0.25) is 0 Å². The summed E-state index contributed by atoms with van der Waals surface area (Å²) in [5.74, 6) is 2.40. The quantitative estimate of drug-likeness (QED) is 0.443. The van der Waals surface area contributed by atoms with Crippen molar-refractivity contribution in [2.45, 2.75) is 38.5 Å². The smallest absolute Gasteiger partial charge is 0.226 e. The molecule has 6 nitrogen and oxygen atoms in total. The van der Waals surface area contributed by atoms with Gasteiger partial charge in [0.1, 0.15) is 12.5 Å². The van der Waals surface area contributed by atoms with Gasteiger partial charge in [-0.15, -0.1) is 0 Å². The van der Waals surface area contributed by atoms with E-state index in [4.69, 9.17) is 13.9 Å². The Hall–Kier alpha value is -3.15. The maximum atomic E-state index is 11.3. The van der Waals surface area contributed by atoms with Crippen molar-refractivity contribution in [3.8, 4) is 23.0 Å². The molecule has 2 aromatic heterocycles. The van der Waals surface area contributed by atoms with Crippen LogP contribution >= 0.6 is 0 Å². The van der Waals surface area contributed by atoms with Crippen molar-refractivity contribution in [3.05, 3.63) is 59.7 Å². The van der Waals surface area contributed by atoms with E-state index in [0.29, 0.717) is 36.1 Å². The minimum absolute atomic E-state index is 0.242. The maximum absolute atomic E-state index is 11.3. The van der Waals surface area contributed by atoms with Crippen LogP contribution in [0.25, 0.3) is 11.5 Å². The highest BCUT2D eigenvalue weighted by Crippen LogP contribution is 2.36. The molecule has 0 N–H and O–H groups in total. The normalized spacial score (nSPS) is 14.3. The van der Waals surface area contributed by atoms with Crippen LogP contribution in [-0.2, 0) is 4.79 Å². The number of ether oxygens (including phenoxy) is 2. The van der Waals surface area contributed by atoms with Crippen LogP contribution < -0.4 is 9.47 Å². The van der Waals surface area contributed by atoms with Gasteiger partial charge < -0.3 is 18.7 Å². The maximum Gasteiger partial charge on any atom is 0.226 e. The lowest BCUT2D eigenvalue weighted by Gasteiger charge is -2.13. The summed E-state index contributed by atoms with van der Waals surface area (Å²) < 4.78 is 17.2. The van der Waals surface area contributed by atoms with E-state index >= 15 is 0 Å². The zero-order chi connectivity index (χ0) is 20.9. The second-order valence-electron chi connectivity index (χ2n) is 7.68. The molecule has 0 amide bonds. The Kier molecular flexibility index (Phi) is 6.12. The predicted octanol–water partition coefficient (Wildman–Crippen LogP) is 4.95. The van der Waals surface area contributed by atoms with Gasteiger partial charge >= 0.3 is 0 Å². The molecular formula is C24H26N2O4. The summed E-state index contributed by atoms with van der Waals surface area (Å²) in [6.45, 7) is 2.65. The molecule has 0 radical (unpaired) electrons. The van der Waals surface area contributed by atoms with Crippen molar-refractivity contribution >= 4 is 6.29 Å². The second kappa shape index (κ2) is 9.11. The fourth-order valence-corrected chi connectivity index (χ4v) is 3.57. The Bertz CT molecular complexity index is 1010. The number of aldehydes is 1. The summed E-state index contributed by atoms with van der Waals surface area (Å²) in [4.78, 5) is 20.4. The minimum Gasteiger partial charge on any atom is -0.493 e. The molecule has 0 saturated heterocycles. The van der Waals surface area contributed by atoms with Gasteiger partial charge in [0, 0.05) is 18.2 Å². The molecule has 2 heterocycles. The third-order valence-corrected chi connectivity index (χ3v) is 5.48. The van der Waals surface area contributed by atoms with Gasteiger partial charge in [0.25, 0.3) is 0 Å². The van der Waals surface area contributed by atoms with Gasteiger partial charge in [0.05, 0.1) is 31.0 Å². The lowest BCUT2D eigenvalue weighted by Crippen LogP contribution is -2.07. The molecule has 0 aliphatic heterocycles. The van der Waals surface area contributed by atoms with E-state index in [1.54, 1.807) is 19.6 Å². The van der Waals surface area contributed by atoms with Gasteiger partial charge in [0.15, 0.2) is 11.5 Å². The summed E-state index contributed by atoms with van der Waals surface area (Å²) in [5, 5.41) is 0. The van der Waals surface area contributed by atoms with Gasteiger partial charge in [-0.05, 0) is 49.1 Å². The molecular weight excluding hydrogens is 380 g/mol. The average molecular weight is 406 g/mol. The van der Waals surface area contributed by atoms with Crippen LogP contribution in [0.1, 0.15) is 48.6 Å². The summed E-state index contributed by atoms with van der Waals surface area (Å²) in [6.07, 6.45) is 8.20. The molecule has 1 aromatic carbocycles. The van der Waals surface area contributed by atoms with Crippen molar-refractivity contribution in [2.24, 2.45) is 5.92 Å². The average Bonchev–Trinajstić information content (AvgIpc) is 3.46. The zero-order valence-corrected chi connectivity index (χ0v) is 17.3. The van der Waals surface area contributed by atoms with E-state index in [-0.39, 0.29) is 5.92 Å². The predicted molar refractivity (Wildman–Crippen MR) is 113 cm³/mol. The highest BCUT2D eigenvalue weighted by atomic mass is 16.5. The molecule has 4 rings (SSSR count). The van der Waals surface area contributed by atoms with Gasteiger partial charge in [-0.3, -0.25) is 4.98 Å². The van der Waals surface area contributed by atoms with Gasteiger partial charge in [0.2, 0.25) is 5.89 Å². The third kappa shape index (κ3) is 4.53. The highest BCUT2D eigenvalue weighted by Gasteiger charge is 2.23. The number of nitrogens with zero attached hydrogens (tertiary/aromatic N) is 2. The molecule has 0 bridgehead atoms. The van der Waals surface area contributed by atoms with Crippen molar-refractivity contribution < 1.29 is 18.7 Å². The Morgan fingerprint density at radius 2 is 2.13 bits per heavy atom. The largest absolute Gasteiger partial charge is 0.493 e. The summed E-state index contributed by atoms with van der Waals surface area (Å²) in [6, 6.07) is 9.51. The number of benzene rings is 1. The van der Waals surface area contributed by atoms with Crippen molar-refractivity contribution in [1.82, 2.24) is 9.97 Å². The van der Waals surface area contributed by atoms with Crippen LogP contribution in [-0.4, -0.2) is 30.0 Å². The van der Waals surface area contributed by atoms with E-state index in [2.05, 4.69) is 9.97 Å². The zero-order valence-electron chi connectivity index (χ0n) is 17.3. The summed E-state index contributed by atoms with van der Waals surface area (Å²) in [7, 11) is 1.63. The topological polar surface area (TPSA) is 74.5 Å². The van der Waals surface area contributed by atoms with E-state index in [9.17, 15) is 4.79 Å². The summed E-state index contributed by atoms with van der Waals surface area (Å²) >= 11 is 0. The van der Waals surface area contributed by atoms with E-state index in [1.807, 2.05) is 37.3 Å². The Morgan fingerprint density at radius 3 is 2.87 bits per heavy atom. The monoisotopic (exact) mass is 406 g/mol. The number of aromatic nitrogens is 2. The highest BCUT2D eigenvalue weighted by molar-refractivity contribution is 5.60. The van der Waals surface area contributed by atoms with Gasteiger partial charge in [-0.1, -0.05) is 18.9 Å². The Labute approximate surface area is 176 Å². The minimum atomic E-state index is -0.242. The van der Waals surface area contributed by atoms with E-state index in [1.165, 1.54) is 12.8 Å². The fraction of sp³-hybridized carbons (Fsp3) is 0.375. The molecule has 1 unspecified atom stereocenters. The number of hydrogen-bond acceptors (Lipinski definition) is 6. The molecule has 30 heavy (non-hydrogen) atoms. The van der Waals surface area contributed by atoms with Crippen molar-refractivity contribution in [3.63, 3.8) is 0 Å². The number of pyridine rings is 1. The number of hydrogen-bond donors (Lipinski definition) is 0. The van der Waals surface area contributed by atoms with Crippen molar-refractivity contribution in [1.29, 1.82) is 0 Å². The molecule has 156 valence electrons. The number of aryl methyl sites for hydroxylation is 1. The SMILES string of the molecule is COc1ccc(-c2nc(C(CC=O)c3ncccc3C)co2)cc1OCCC1CC1. The first-order chi connectivity index (χ1) is 14.7. The fourth-order valence-electron chi connectivity index (χ4n) is 3.57. The molecule has 1 aliphatic carbocycles. The van der Waals surface area contributed by atoms with E-state index < -0.39 is 0 Å². The first kappa shape index (κ1) is 20.1. The summed E-state index contributed by atoms with van der Waals surface area (Å²) in [5.41, 5.74) is 3.34. The van der Waals surface area contributed by atoms with Gasteiger partial charge in [-0.25, -0.2) is 4.98 Å². The molecule has 1 atom stereocenters. The van der Waals surface area contributed by atoms with E-state index in [0.717, 1.165) is 35.4 Å².